The number of esters is 1. The molecule has 0 bridgehead atoms. The predicted octanol–water partition coefficient (Wildman–Crippen LogP) is 6.56. The number of halogens is 1. The van der Waals surface area contributed by atoms with E-state index in [-0.39, 0.29) is 36.4 Å². The summed E-state index contributed by atoms with van der Waals surface area (Å²) in [6.45, 7) is 2.33. The lowest BCUT2D eigenvalue weighted by molar-refractivity contribution is 0.0460. The zero-order valence-electron chi connectivity index (χ0n) is 18.7. The Bertz CT molecular complexity index is 1230. The zero-order valence-corrected chi connectivity index (χ0v) is 19.5. The molecule has 3 aromatic carbocycles. The Balaban J connectivity index is 1.65. The van der Waals surface area contributed by atoms with Crippen LogP contribution in [0.25, 0.3) is 0 Å². The van der Waals surface area contributed by atoms with E-state index in [1.807, 2.05) is 91.0 Å². The zero-order chi connectivity index (χ0) is 23.8. The van der Waals surface area contributed by atoms with E-state index in [9.17, 15) is 4.79 Å². The highest BCUT2D eigenvalue weighted by Gasteiger charge is 2.27. The molecule has 0 saturated heterocycles. The molecule has 1 heterocycles. The quantitative estimate of drug-likeness (QED) is 0.203. The van der Waals surface area contributed by atoms with Crippen molar-refractivity contribution in [1.82, 2.24) is 4.98 Å². The van der Waals surface area contributed by atoms with Crippen LogP contribution in [-0.2, 0) is 24.6 Å². The maximum Gasteiger partial charge on any atom is 0.347 e. The van der Waals surface area contributed by atoms with E-state index in [0.717, 1.165) is 16.7 Å². The van der Waals surface area contributed by atoms with Crippen LogP contribution in [-0.4, -0.2) is 11.0 Å². The Morgan fingerprint density at radius 2 is 1.21 bits per heavy atom. The van der Waals surface area contributed by atoms with Crippen molar-refractivity contribution in [3.05, 3.63) is 124 Å². The second kappa shape index (κ2) is 11.3. The standard InChI is InChI=1S/C28H24ClNO4/c1-20-25(32-17-21-11-5-2-6-12-21)24(28(31)34-19-23-15-9-4-10-16-23)27(30-26(20)29)33-18-22-13-7-3-8-14-22/h2-16H,17-19H2,1H3. The molecule has 0 amide bonds. The molecule has 0 fully saturated rings. The van der Waals surface area contributed by atoms with Crippen LogP contribution in [0.1, 0.15) is 32.6 Å². The molecule has 1 aromatic heterocycles. The summed E-state index contributed by atoms with van der Waals surface area (Å²) in [7, 11) is 0. The fraction of sp³-hybridized carbons (Fsp3) is 0.143. The molecule has 0 N–H and O–H groups in total. The van der Waals surface area contributed by atoms with Crippen molar-refractivity contribution in [1.29, 1.82) is 0 Å². The molecule has 0 unspecified atom stereocenters. The third kappa shape index (κ3) is 5.94. The number of benzene rings is 3. The van der Waals surface area contributed by atoms with Crippen LogP contribution in [0.5, 0.6) is 11.6 Å². The average molecular weight is 474 g/mol. The van der Waals surface area contributed by atoms with Gasteiger partial charge in [-0.2, -0.15) is 0 Å². The van der Waals surface area contributed by atoms with Gasteiger partial charge < -0.3 is 14.2 Å². The number of hydrogen-bond donors (Lipinski definition) is 0. The maximum absolute atomic E-state index is 13.3. The van der Waals surface area contributed by atoms with Gasteiger partial charge in [0, 0.05) is 5.56 Å². The van der Waals surface area contributed by atoms with Crippen molar-refractivity contribution in [3.8, 4) is 11.6 Å². The first-order chi connectivity index (χ1) is 16.6. The SMILES string of the molecule is Cc1c(Cl)nc(OCc2ccccc2)c(C(=O)OCc2ccccc2)c1OCc1ccccc1. The number of hydrogen-bond acceptors (Lipinski definition) is 5. The summed E-state index contributed by atoms with van der Waals surface area (Å²) in [5.74, 6) is -0.229. The molecule has 6 heteroatoms. The molecule has 172 valence electrons. The first kappa shape index (κ1) is 23.3. The van der Waals surface area contributed by atoms with Gasteiger partial charge in [0.15, 0.2) is 5.56 Å². The number of rotatable bonds is 9. The van der Waals surface area contributed by atoms with Crippen LogP contribution in [0.2, 0.25) is 5.15 Å². The van der Waals surface area contributed by atoms with Crippen molar-refractivity contribution in [2.75, 3.05) is 0 Å². The maximum atomic E-state index is 13.3. The van der Waals surface area contributed by atoms with Crippen molar-refractivity contribution in [2.24, 2.45) is 0 Å². The first-order valence-electron chi connectivity index (χ1n) is 10.9. The van der Waals surface area contributed by atoms with Gasteiger partial charge in [0.25, 0.3) is 0 Å². The minimum absolute atomic E-state index is 0.0700. The van der Waals surface area contributed by atoms with E-state index < -0.39 is 5.97 Å². The van der Waals surface area contributed by atoms with Gasteiger partial charge in [-0.25, -0.2) is 9.78 Å². The van der Waals surface area contributed by atoms with Crippen LogP contribution in [0.15, 0.2) is 91.0 Å². The van der Waals surface area contributed by atoms with Gasteiger partial charge in [0.2, 0.25) is 5.88 Å². The van der Waals surface area contributed by atoms with Gasteiger partial charge in [-0.15, -0.1) is 0 Å². The predicted molar refractivity (Wildman–Crippen MR) is 131 cm³/mol. The van der Waals surface area contributed by atoms with Crippen molar-refractivity contribution < 1.29 is 19.0 Å². The van der Waals surface area contributed by atoms with Crippen molar-refractivity contribution >= 4 is 17.6 Å². The normalized spacial score (nSPS) is 10.5. The van der Waals surface area contributed by atoms with Crippen LogP contribution in [0.4, 0.5) is 0 Å². The monoisotopic (exact) mass is 473 g/mol. The minimum Gasteiger partial charge on any atom is -0.487 e. The number of ether oxygens (including phenoxy) is 3. The second-order valence-corrected chi connectivity index (χ2v) is 8.01. The van der Waals surface area contributed by atoms with Gasteiger partial charge in [-0.3, -0.25) is 0 Å². The molecule has 0 aliphatic rings. The fourth-order valence-electron chi connectivity index (χ4n) is 3.32. The minimum atomic E-state index is -0.595. The van der Waals surface area contributed by atoms with Crippen LogP contribution >= 0.6 is 11.6 Å². The molecule has 4 aromatic rings. The van der Waals surface area contributed by atoms with Gasteiger partial charge >= 0.3 is 5.97 Å². The topological polar surface area (TPSA) is 57.7 Å². The Hall–Kier alpha value is -3.83. The molecule has 0 atom stereocenters. The number of carbonyl (C=O) groups excluding carboxylic acids is 1. The van der Waals surface area contributed by atoms with Gasteiger partial charge in [0.1, 0.15) is 30.7 Å². The smallest absolute Gasteiger partial charge is 0.347 e. The number of carbonyl (C=O) groups is 1. The summed E-state index contributed by atoms with van der Waals surface area (Å²) >= 11 is 6.41. The Labute approximate surface area is 203 Å². The average Bonchev–Trinajstić information content (AvgIpc) is 2.88. The van der Waals surface area contributed by atoms with Crippen molar-refractivity contribution in [3.63, 3.8) is 0 Å². The molecular weight excluding hydrogens is 450 g/mol. The Morgan fingerprint density at radius 3 is 1.74 bits per heavy atom. The lowest BCUT2D eigenvalue weighted by Gasteiger charge is -2.18. The third-order valence-electron chi connectivity index (χ3n) is 5.15. The van der Waals surface area contributed by atoms with E-state index in [2.05, 4.69) is 4.98 Å². The molecule has 4 rings (SSSR count). The first-order valence-corrected chi connectivity index (χ1v) is 11.2. The van der Waals surface area contributed by atoms with Crippen LogP contribution < -0.4 is 9.47 Å². The van der Waals surface area contributed by atoms with Gasteiger partial charge in [-0.05, 0) is 23.6 Å². The van der Waals surface area contributed by atoms with E-state index in [1.54, 1.807) is 6.92 Å². The molecule has 34 heavy (non-hydrogen) atoms. The highest BCUT2D eigenvalue weighted by Crippen LogP contribution is 2.36. The van der Waals surface area contributed by atoms with E-state index >= 15 is 0 Å². The lowest BCUT2D eigenvalue weighted by atomic mass is 10.1. The number of nitrogens with zero attached hydrogens (tertiary/aromatic N) is 1. The van der Waals surface area contributed by atoms with E-state index in [1.165, 1.54) is 0 Å². The molecule has 0 aliphatic carbocycles. The van der Waals surface area contributed by atoms with Gasteiger partial charge in [0.05, 0.1) is 0 Å². The van der Waals surface area contributed by atoms with E-state index in [0.29, 0.717) is 11.3 Å². The van der Waals surface area contributed by atoms with Crippen LogP contribution in [0, 0.1) is 6.92 Å². The summed E-state index contributed by atoms with van der Waals surface area (Å²) in [5.41, 5.74) is 3.40. The summed E-state index contributed by atoms with van der Waals surface area (Å²) in [5, 5.41) is 0.200. The molecule has 0 saturated carbocycles. The Morgan fingerprint density at radius 1 is 0.735 bits per heavy atom. The molecule has 0 aliphatic heterocycles. The van der Waals surface area contributed by atoms with Crippen molar-refractivity contribution in [2.45, 2.75) is 26.7 Å². The third-order valence-corrected chi connectivity index (χ3v) is 5.52. The highest BCUT2D eigenvalue weighted by atomic mass is 35.5. The number of pyridine rings is 1. The molecular formula is C28H24ClNO4. The molecule has 0 radical (unpaired) electrons. The summed E-state index contributed by atoms with van der Waals surface area (Å²) in [6, 6.07) is 28.7. The fourth-order valence-corrected chi connectivity index (χ4v) is 3.49. The van der Waals surface area contributed by atoms with E-state index in [4.69, 9.17) is 25.8 Å². The largest absolute Gasteiger partial charge is 0.487 e. The molecule has 0 spiro atoms. The second-order valence-electron chi connectivity index (χ2n) is 7.65. The van der Waals surface area contributed by atoms with Crippen LogP contribution in [0.3, 0.4) is 0 Å². The number of aromatic nitrogens is 1. The molecule has 5 nitrogen and oxygen atoms in total. The summed E-state index contributed by atoms with van der Waals surface area (Å²) in [6.07, 6.45) is 0. The Kier molecular flexibility index (Phi) is 7.79. The summed E-state index contributed by atoms with van der Waals surface area (Å²) < 4.78 is 17.7. The highest BCUT2D eigenvalue weighted by molar-refractivity contribution is 6.30. The van der Waals surface area contributed by atoms with Gasteiger partial charge in [-0.1, -0.05) is 103 Å². The summed E-state index contributed by atoms with van der Waals surface area (Å²) in [4.78, 5) is 17.6. The lowest BCUT2D eigenvalue weighted by Crippen LogP contribution is -2.14.